The van der Waals surface area contributed by atoms with Crippen molar-refractivity contribution >= 4 is 21.8 Å². The van der Waals surface area contributed by atoms with E-state index in [-0.39, 0.29) is 5.91 Å². The van der Waals surface area contributed by atoms with E-state index in [0.29, 0.717) is 19.5 Å². The van der Waals surface area contributed by atoms with E-state index in [1.165, 1.54) is 0 Å². The van der Waals surface area contributed by atoms with Crippen LogP contribution in [-0.4, -0.2) is 39.9 Å². The van der Waals surface area contributed by atoms with E-state index in [4.69, 9.17) is 0 Å². The third kappa shape index (κ3) is 3.27. The number of unbranched alkanes of at least 4 members (excludes halogenated alkanes) is 1. The topological polar surface area (TPSA) is 40.5 Å². The molecule has 1 saturated heterocycles. The van der Waals surface area contributed by atoms with Crippen molar-refractivity contribution in [2.45, 2.75) is 31.8 Å². The molecule has 1 heterocycles. The Labute approximate surface area is 87.2 Å². The van der Waals surface area contributed by atoms with Gasteiger partial charge in [0.25, 0.3) is 0 Å². The summed E-state index contributed by atoms with van der Waals surface area (Å²) in [6.45, 7) is 2.76. The molecule has 3 nitrogen and oxygen atoms in total. The Kier molecular flexibility index (Phi) is 3.74. The third-order valence-corrected chi connectivity index (χ3v) is 2.75. The van der Waals surface area contributed by atoms with Crippen LogP contribution in [0.4, 0.5) is 0 Å². The zero-order valence-electron chi connectivity index (χ0n) is 7.92. The van der Waals surface area contributed by atoms with Crippen molar-refractivity contribution in [1.29, 1.82) is 0 Å². The van der Waals surface area contributed by atoms with Crippen molar-refractivity contribution in [3.63, 3.8) is 0 Å². The highest BCUT2D eigenvalue weighted by atomic mass is 79.9. The Morgan fingerprint density at radius 2 is 2.15 bits per heavy atom. The van der Waals surface area contributed by atoms with Gasteiger partial charge in [0.2, 0.25) is 5.91 Å². The summed E-state index contributed by atoms with van der Waals surface area (Å²) in [6.07, 6.45) is 2.58. The quantitative estimate of drug-likeness (QED) is 0.600. The minimum Gasteiger partial charge on any atom is -0.386 e. The summed E-state index contributed by atoms with van der Waals surface area (Å²) in [7, 11) is 0. The highest BCUT2D eigenvalue weighted by molar-refractivity contribution is 9.09. The molecule has 1 rings (SSSR count). The molecule has 13 heavy (non-hydrogen) atoms. The fraction of sp³-hybridized carbons (Fsp3) is 0.889. The maximum absolute atomic E-state index is 11.4. The fourth-order valence-corrected chi connectivity index (χ4v) is 1.88. The van der Waals surface area contributed by atoms with Gasteiger partial charge in [0, 0.05) is 11.8 Å². The number of halogens is 1. The van der Waals surface area contributed by atoms with Crippen molar-refractivity contribution < 1.29 is 9.90 Å². The van der Waals surface area contributed by atoms with Gasteiger partial charge in [-0.2, -0.15) is 0 Å². The molecule has 0 spiro atoms. The molecule has 1 amide bonds. The van der Waals surface area contributed by atoms with Crippen molar-refractivity contribution in [3.8, 4) is 0 Å². The smallest absolute Gasteiger partial charge is 0.222 e. The van der Waals surface area contributed by atoms with E-state index in [1.54, 1.807) is 11.8 Å². The number of likely N-dealkylation sites (tertiary alicyclic amines) is 1. The van der Waals surface area contributed by atoms with Crippen LogP contribution in [-0.2, 0) is 4.79 Å². The van der Waals surface area contributed by atoms with Crippen LogP contribution >= 0.6 is 15.9 Å². The SMILES string of the molecule is CC1(O)CN(C(=O)CCCCBr)C1. The largest absolute Gasteiger partial charge is 0.386 e. The summed E-state index contributed by atoms with van der Waals surface area (Å²) in [5.74, 6) is 0.174. The lowest BCUT2D eigenvalue weighted by atomic mass is 9.96. The van der Waals surface area contributed by atoms with Crippen molar-refractivity contribution in [3.05, 3.63) is 0 Å². The second kappa shape index (κ2) is 4.42. The first kappa shape index (κ1) is 11.0. The number of carbonyl (C=O) groups excluding carboxylic acids is 1. The van der Waals surface area contributed by atoms with Crippen LogP contribution in [0.1, 0.15) is 26.2 Å². The fourth-order valence-electron chi connectivity index (χ4n) is 1.48. The molecular formula is C9H16BrNO2. The predicted octanol–water partition coefficient (Wildman–Crippen LogP) is 1.14. The third-order valence-electron chi connectivity index (χ3n) is 2.19. The molecule has 0 aromatic rings. The van der Waals surface area contributed by atoms with Gasteiger partial charge in [-0.05, 0) is 19.8 Å². The van der Waals surface area contributed by atoms with Gasteiger partial charge in [-0.25, -0.2) is 0 Å². The minimum atomic E-state index is -0.634. The van der Waals surface area contributed by atoms with Crippen molar-refractivity contribution in [2.24, 2.45) is 0 Å². The monoisotopic (exact) mass is 249 g/mol. The number of alkyl halides is 1. The molecule has 1 aliphatic rings. The molecule has 1 fully saturated rings. The lowest BCUT2D eigenvalue weighted by molar-refractivity contribution is -0.152. The Bertz CT molecular complexity index is 186. The van der Waals surface area contributed by atoms with E-state index >= 15 is 0 Å². The van der Waals surface area contributed by atoms with E-state index in [1.807, 2.05) is 0 Å². The first-order valence-electron chi connectivity index (χ1n) is 4.61. The number of rotatable bonds is 4. The summed E-state index contributed by atoms with van der Waals surface area (Å²) >= 11 is 3.32. The highest BCUT2D eigenvalue weighted by Gasteiger charge is 2.38. The Balaban J connectivity index is 2.12. The summed E-state index contributed by atoms with van der Waals surface area (Å²) < 4.78 is 0. The number of aliphatic hydroxyl groups is 1. The number of β-amino-alcohol motifs (C(OH)–C–C–N with tert-alkyl or cyclic N) is 1. The van der Waals surface area contributed by atoms with Crippen LogP contribution in [0.5, 0.6) is 0 Å². The second-order valence-electron chi connectivity index (χ2n) is 3.89. The summed E-state index contributed by atoms with van der Waals surface area (Å²) in [6, 6.07) is 0. The van der Waals surface area contributed by atoms with Crippen LogP contribution in [0.2, 0.25) is 0 Å². The standard InChI is InChI=1S/C9H16BrNO2/c1-9(13)6-11(7-9)8(12)4-2-3-5-10/h13H,2-7H2,1H3. The number of hydrogen-bond donors (Lipinski definition) is 1. The number of nitrogens with zero attached hydrogens (tertiary/aromatic N) is 1. The molecular weight excluding hydrogens is 234 g/mol. The van der Waals surface area contributed by atoms with Crippen LogP contribution in [0.3, 0.4) is 0 Å². The average Bonchev–Trinajstić information content (AvgIpc) is 2.00. The molecule has 0 atom stereocenters. The van der Waals surface area contributed by atoms with Gasteiger partial charge in [-0.1, -0.05) is 15.9 Å². The van der Waals surface area contributed by atoms with Crippen LogP contribution < -0.4 is 0 Å². The van der Waals surface area contributed by atoms with E-state index in [2.05, 4.69) is 15.9 Å². The van der Waals surface area contributed by atoms with E-state index in [0.717, 1.165) is 18.2 Å². The maximum atomic E-state index is 11.4. The molecule has 0 radical (unpaired) electrons. The van der Waals surface area contributed by atoms with E-state index < -0.39 is 5.60 Å². The molecule has 0 aromatic heterocycles. The summed E-state index contributed by atoms with van der Waals surface area (Å²) in [5.41, 5.74) is -0.634. The van der Waals surface area contributed by atoms with Gasteiger partial charge in [0.05, 0.1) is 18.7 Å². The molecule has 0 bridgehead atoms. The summed E-state index contributed by atoms with van der Waals surface area (Å²) in [4.78, 5) is 13.1. The molecule has 1 aliphatic heterocycles. The minimum absolute atomic E-state index is 0.174. The maximum Gasteiger partial charge on any atom is 0.222 e. The molecule has 0 aromatic carbocycles. The molecule has 0 unspecified atom stereocenters. The van der Waals surface area contributed by atoms with Gasteiger partial charge < -0.3 is 10.0 Å². The first-order chi connectivity index (χ1) is 6.05. The van der Waals surface area contributed by atoms with Crippen LogP contribution in [0, 0.1) is 0 Å². The van der Waals surface area contributed by atoms with Crippen LogP contribution in [0.25, 0.3) is 0 Å². The number of carbonyl (C=O) groups is 1. The number of hydrogen-bond acceptors (Lipinski definition) is 2. The van der Waals surface area contributed by atoms with Crippen molar-refractivity contribution in [2.75, 3.05) is 18.4 Å². The van der Waals surface area contributed by atoms with E-state index in [9.17, 15) is 9.90 Å². The molecule has 76 valence electrons. The normalized spacial score (nSPS) is 19.8. The van der Waals surface area contributed by atoms with Gasteiger partial charge in [-0.15, -0.1) is 0 Å². The zero-order chi connectivity index (χ0) is 9.90. The Morgan fingerprint density at radius 3 is 2.62 bits per heavy atom. The highest BCUT2D eigenvalue weighted by Crippen LogP contribution is 2.20. The zero-order valence-corrected chi connectivity index (χ0v) is 9.51. The predicted molar refractivity (Wildman–Crippen MR) is 54.8 cm³/mol. The molecule has 0 saturated carbocycles. The lowest BCUT2D eigenvalue weighted by Crippen LogP contribution is -2.61. The molecule has 0 aliphatic carbocycles. The van der Waals surface area contributed by atoms with Gasteiger partial charge >= 0.3 is 0 Å². The first-order valence-corrected chi connectivity index (χ1v) is 5.73. The molecule has 4 heteroatoms. The average molecular weight is 250 g/mol. The summed E-state index contributed by atoms with van der Waals surface area (Å²) in [5, 5.41) is 10.4. The van der Waals surface area contributed by atoms with Gasteiger partial charge in [0.1, 0.15) is 0 Å². The van der Waals surface area contributed by atoms with Gasteiger partial charge in [-0.3, -0.25) is 4.79 Å². The Morgan fingerprint density at radius 1 is 1.54 bits per heavy atom. The lowest BCUT2D eigenvalue weighted by Gasteiger charge is -2.44. The van der Waals surface area contributed by atoms with Crippen molar-refractivity contribution in [1.82, 2.24) is 4.90 Å². The molecule has 1 N–H and O–H groups in total. The van der Waals surface area contributed by atoms with Crippen LogP contribution in [0.15, 0.2) is 0 Å². The number of amides is 1. The van der Waals surface area contributed by atoms with Gasteiger partial charge in [0.15, 0.2) is 0 Å². The second-order valence-corrected chi connectivity index (χ2v) is 4.69. The Hall–Kier alpha value is -0.0900.